The Hall–Kier alpha value is -2.55. The smallest absolute Gasteiger partial charge is 0.305 e. The quantitative estimate of drug-likeness (QED) is 0.330. The Balaban J connectivity index is 1.92. The van der Waals surface area contributed by atoms with E-state index in [0.29, 0.717) is 19.4 Å². The summed E-state index contributed by atoms with van der Waals surface area (Å²) in [5, 5.41) is 0. The average molecular weight is 576 g/mol. The highest BCUT2D eigenvalue weighted by molar-refractivity contribution is 5.93. The summed E-state index contributed by atoms with van der Waals surface area (Å²) in [5.74, 6) is -2.57. The molecule has 2 saturated heterocycles. The van der Waals surface area contributed by atoms with E-state index in [-0.39, 0.29) is 54.5 Å². The monoisotopic (exact) mass is 575 g/mol. The lowest BCUT2D eigenvalue weighted by Gasteiger charge is -2.32. The van der Waals surface area contributed by atoms with Crippen LogP contribution in [0.25, 0.3) is 0 Å². The van der Waals surface area contributed by atoms with Crippen LogP contribution in [0.4, 0.5) is 0 Å². The number of allylic oxidation sites excluding steroid dienone is 2. The number of ketones is 2. The lowest BCUT2D eigenvalue weighted by molar-refractivity contribution is -0.158. The number of carbonyl (C=O) groups is 5. The predicted molar refractivity (Wildman–Crippen MR) is 153 cm³/mol. The number of hydrogen-bond donors (Lipinski definition) is 0. The normalized spacial score (nSPS) is 30.2. The van der Waals surface area contributed by atoms with Crippen LogP contribution in [-0.2, 0) is 38.2 Å². The van der Waals surface area contributed by atoms with Gasteiger partial charge < -0.3 is 19.1 Å². The molecule has 2 unspecified atom stereocenters. The number of methoxy groups -OCH3 is 1. The molecule has 1 amide bonds. The molecule has 0 spiro atoms. The summed E-state index contributed by atoms with van der Waals surface area (Å²) < 4.78 is 16.5. The maximum absolute atomic E-state index is 14.2. The van der Waals surface area contributed by atoms with Crippen LogP contribution in [0.2, 0.25) is 0 Å². The molecule has 0 aromatic heterocycles. The van der Waals surface area contributed by atoms with Gasteiger partial charge in [-0.15, -0.1) is 0 Å². The number of carbonyl (C=O) groups excluding carboxylic acids is 5. The minimum absolute atomic E-state index is 0.00419. The molecule has 3 heterocycles. The topological polar surface area (TPSA) is 116 Å². The molecule has 6 atom stereocenters. The third kappa shape index (κ3) is 9.22. The van der Waals surface area contributed by atoms with Gasteiger partial charge in [-0.3, -0.25) is 24.0 Å². The summed E-state index contributed by atoms with van der Waals surface area (Å²) in [5.41, 5.74) is -0.388. The van der Waals surface area contributed by atoms with E-state index in [4.69, 9.17) is 9.47 Å². The number of esters is 2. The first-order valence-corrected chi connectivity index (χ1v) is 15.4. The van der Waals surface area contributed by atoms with E-state index in [0.717, 1.165) is 44.9 Å². The van der Waals surface area contributed by atoms with Gasteiger partial charge in [-0.2, -0.15) is 0 Å². The highest BCUT2D eigenvalue weighted by Gasteiger charge is 2.55. The molecule has 0 aromatic rings. The summed E-state index contributed by atoms with van der Waals surface area (Å²) in [6.07, 6.45) is 10.1. The second-order valence-corrected chi connectivity index (χ2v) is 12.7. The van der Waals surface area contributed by atoms with Crippen LogP contribution < -0.4 is 0 Å². The number of amides is 1. The van der Waals surface area contributed by atoms with Gasteiger partial charge in [0.05, 0.1) is 31.3 Å². The molecule has 0 radical (unpaired) electrons. The standard InChI is InChI=1S/C32H49NO8/c1-21-14-12-10-8-6-7-9-11-13-15-23(30(40-22(2)34)25(35)16-17-28(37)39-5)18-26(36)29-24-19-32(3,4)41-27(24)20-33(29)31(21)38/h6-7,21,23-24,27,29-30H,8-20H2,1-5H3/t21-,23+,24-,27?,29-,30?/m0/s1. The summed E-state index contributed by atoms with van der Waals surface area (Å²) in [6, 6.07) is -0.639. The molecule has 9 heteroatoms. The summed E-state index contributed by atoms with van der Waals surface area (Å²) in [6.45, 7) is 7.58. The van der Waals surface area contributed by atoms with Gasteiger partial charge in [0.2, 0.25) is 5.91 Å². The van der Waals surface area contributed by atoms with Gasteiger partial charge in [-0.1, -0.05) is 31.9 Å². The van der Waals surface area contributed by atoms with E-state index in [9.17, 15) is 24.0 Å². The highest BCUT2D eigenvalue weighted by Crippen LogP contribution is 2.44. The lowest BCUT2D eigenvalue weighted by Crippen LogP contribution is -2.47. The molecule has 0 aliphatic carbocycles. The predicted octanol–water partition coefficient (Wildman–Crippen LogP) is 4.74. The first kappa shape index (κ1) is 33.0. The van der Waals surface area contributed by atoms with Crippen molar-refractivity contribution in [3.63, 3.8) is 0 Å². The minimum Gasteiger partial charge on any atom is -0.469 e. The van der Waals surface area contributed by atoms with Crippen molar-refractivity contribution in [2.24, 2.45) is 17.8 Å². The zero-order chi connectivity index (χ0) is 30.2. The first-order valence-electron chi connectivity index (χ1n) is 15.4. The fourth-order valence-electron chi connectivity index (χ4n) is 6.75. The molecule has 0 N–H and O–H groups in total. The van der Waals surface area contributed by atoms with E-state index < -0.39 is 35.8 Å². The van der Waals surface area contributed by atoms with Gasteiger partial charge in [0, 0.05) is 44.1 Å². The zero-order valence-electron chi connectivity index (χ0n) is 25.5. The van der Waals surface area contributed by atoms with Gasteiger partial charge in [0.25, 0.3) is 0 Å². The number of ether oxygens (including phenoxy) is 3. The average Bonchev–Trinajstić information content (AvgIpc) is 3.40. The molecule has 2 fully saturated rings. The molecule has 0 aromatic carbocycles. The Bertz CT molecular complexity index is 988. The maximum atomic E-state index is 14.2. The largest absolute Gasteiger partial charge is 0.469 e. The third-order valence-corrected chi connectivity index (χ3v) is 8.75. The number of hydrogen-bond acceptors (Lipinski definition) is 8. The Kier molecular flexibility index (Phi) is 12.1. The number of fused-ring (bicyclic) bond motifs is 3. The molecule has 3 aliphatic rings. The zero-order valence-corrected chi connectivity index (χ0v) is 25.5. The Morgan fingerprint density at radius 2 is 1.71 bits per heavy atom. The van der Waals surface area contributed by atoms with E-state index in [1.165, 1.54) is 14.0 Å². The molecule has 0 bridgehead atoms. The summed E-state index contributed by atoms with van der Waals surface area (Å²) in [4.78, 5) is 66.7. The van der Waals surface area contributed by atoms with Gasteiger partial charge >= 0.3 is 11.9 Å². The van der Waals surface area contributed by atoms with Crippen LogP contribution >= 0.6 is 0 Å². The minimum atomic E-state index is -1.14. The van der Waals surface area contributed by atoms with Crippen molar-refractivity contribution in [2.45, 2.75) is 129 Å². The molecule has 3 rings (SSSR count). The lowest BCUT2D eigenvalue weighted by atomic mass is 9.82. The maximum Gasteiger partial charge on any atom is 0.305 e. The van der Waals surface area contributed by atoms with Crippen LogP contribution in [0.5, 0.6) is 0 Å². The van der Waals surface area contributed by atoms with Crippen LogP contribution in [0.3, 0.4) is 0 Å². The van der Waals surface area contributed by atoms with Crippen LogP contribution in [-0.4, -0.2) is 71.8 Å². The van der Waals surface area contributed by atoms with Crippen LogP contribution in [0.15, 0.2) is 12.2 Å². The number of Topliss-reactive ketones (excluding diaryl/α,β-unsaturated/α-hetero) is 2. The Morgan fingerprint density at radius 1 is 1.05 bits per heavy atom. The van der Waals surface area contributed by atoms with Gasteiger partial charge in [-0.25, -0.2) is 0 Å². The third-order valence-electron chi connectivity index (χ3n) is 8.75. The van der Waals surface area contributed by atoms with Crippen molar-refractivity contribution in [3.8, 4) is 0 Å². The van der Waals surface area contributed by atoms with Crippen LogP contribution in [0.1, 0.15) is 105 Å². The fourth-order valence-corrected chi connectivity index (χ4v) is 6.75. The molecular formula is C32H49NO8. The van der Waals surface area contributed by atoms with Crippen molar-refractivity contribution in [2.75, 3.05) is 13.7 Å². The van der Waals surface area contributed by atoms with Gasteiger partial charge in [0.1, 0.15) is 0 Å². The van der Waals surface area contributed by atoms with Crippen molar-refractivity contribution in [3.05, 3.63) is 12.2 Å². The number of rotatable bonds is 6. The number of nitrogens with zero attached hydrogens (tertiary/aromatic N) is 1. The molecule has 230 valence electrons. The molecule has 9 nitrogen and oxygen atoms in total. The summed E-state index contributed by atoms with van der Waals surface area (Å²) >= 11 is 0. The SMILES string of the molecule is COC(=O)CCC(=O)C(OC(C)=O)[C@@H]1CCCCC=CCCCC[C@H](C)C(=O)N2CC3OC(C)(C)C[C@@H]3[C@H]2C(=O)C1. The van der Waals surface area contributed by atoms with E-state index >= 15 is 0 Å². The molecule has 41 heavy (non-hydrogen) atoms. The second kappa shape index (κ2) is 15.1. The summed E-state index contributed by atoms with van der Waals surface area (Å²) in [7, 11) is 1.25. The Labute approximate surface area is 244 Å². The van der Waals surface area contributed by atoms with E-state index in [1.807, 2.05) is 20.8 Å². The van der Waals surface area contributed by atoms with E-state index in [2.05, 4.69) is 16.9 Å². The highest BCUT2D eigenvalue weighted by atomic mass is 16.5. The molecule has 3 aliphatic heterocycles. The van der Waals surface area contributed by atoms with Crippen molar-refractivity contribution in [1.29, 1.82) is 0 Å². The van der Waals surface area contributed by atoms with Crippen molar-refractivity contribution >= 4 is 29.4 Å². The molecule has 0 saturated carbocycles. The fraction of sp³-hybridized carbons (Fsp3) is 0.781. The van der Waals surface area contributed by atoms with Crippen molar-refractivity contribution in [1.82, 2.24) is 4.90 Å². The van der Waals surface area contributed by atoms with E-state index in [1.54, 1.807) is 4.90 Å². The Morgan fingerprint density at radius 3 is 2.34 bits per heavy atom. The van der Waals surface area contributed by atoms with Gasteiger partial charge in [0.15, 0.2) is 17.7 Å². The van der Waals surface area contributed by atoms with Crippen LogP contribution in [0, 0.1) is 17.8 Å². The van der Waals surface area contributed by atoms with Crippen molar-refractivity contribution < 1.29 is 38.2 Å². The first-order chi connectivity index (χ1) is 19.4. The van der Waals surface area contributed by atoms with Gasteiger partial charge in [-0.05, 0) is 58.8 Å². The molecular weight excluding hydrogens is 526 g/mol. The second-order valence-electron chi connectivity index (χ2n) is 12.7.